The normalized spacial score (nSPS) is 11.3. The van der Waals surface area contributed by atoms with E-state index in [-0.39, 0.29) is 0 Å². The van der Waals surface area contributed by atoms with Gasteiger partial charge in [-0.3, -0.25) is 4.99 Å². The zero-order valence-corrected chi connectivity index (χ0v) is 10.5. The van der Waals surface area contributed by atoms with Gasteiger partial charge in [0.05, 0.1) is 0 Å². The van der Waals surface area contributed by atoms with Gasteiger partial charge in [-0.05, 0) is 24.1 Å². The molecule has 0 aliphatic heterocycles. The van der Waals surface area contributed by atoms with Crippen molar-refractivity contribution < 1.29 is 0 Å². The predicted octanol–water partition coefficient (Wildman–Crippen LogP) is 2.42. The Hall–Kier alpha value is -1.22. The van der Waals surface area contributed by atoms with E-state index in [2.05, 4.69) is 22.5 Å². The van der Waals surface area contributed by atoms with Crippen molar-refractivity contribution in [2.24, 2.45) is 4.99 Å². The lowest BCUT2D eigenvalue weighted by atomic mass is 10.2. The van der Waals surface area contributed by atoms with E-state index in [9.17, 15) is 0 Å². The first-order valence-corrected chi connectivity index (χ1v) is 5.83. The van der Waals surface area contributed by atoms with Gasteiger partial charge in [0.1, 0.15) is 0 Å². The number of nitrogens with zero attached hydrogens (tertiary/aromatic N) is 1. The van der Waals surface area contributed by atoms with Crippen LogP contribution >= 0.6 is 11.6 Å². The average molecular weight is 240 g/mol. The molecule has 3 nitrogen and oxygen atoms in total. The molecule has 0 aromatic heterocycles. The summed E-state index contributed by atoms with van der Waals surface area (Å²) >= 11 is 5.81. The highest BCUT2D eigenvalue weighted by Crippen LogP contribution is 2.08. The quantitative estimate of drug-likeness (QED) is 0.626. The summed E-state index contributed by atoms with van der Waals surface area (Å²) < 4.78 is 0. The van der Waals surface area contributed by atoms with Crippen molar-refractivity contribution in [1.82, 2.24) is 10.6 Å². The lowest BCUT2D eigenvalue weighted by Gasteiger charge is -2.10. The predicted molar refractivity (Wildman–Crippen MR) is 69.9 cm³/mol. The van der Waals surface area contributed by atoms with Crippen molar-refractivity contribution in [2.45, 2.75) is 19.9 Å². The minimum atomic E-state index is 0.751. The molecule has 1 aromatic rings. The second-order valence-electron chi connectivity index (χ2n) is 3.48. The van der Waals surface area contributed by atoms with E-state index in [1.165, 1.54) is 5.56 Å². The summed E-state index contributed by atoms with van der Waals surface area (Å²) in [6, 6.07) is 7.78. The van der Waals surface area contributed by atoms with Crippen molar-refractivity contribution in [3.8, 4) is 0 Å². The van der Waals surface area contributed by atoms with E-state index in [0.29, 0.717) is 0 Å². The van der Waals surface area contributed by atoms with Crippen molar-refractivity contribution >= 4 is 17.6 Å². The Morgan fingerprint density at radius 1 is 1.25 bits per heavy atom. The van der Waals surface area contributed by atoms with Crippen molar-refractivity contribution in [3.05, 3.63) is 34.9 Å². The van der Waals surface area contributed by atoms with Crippen molar-refractivity contribution in [1.29, 1.82) is 0 Å². The van der Waals surface area contributed by atoms with Crippen LogP contribution in [0.15, 0.2) is 29.3 Å². The van der Waals surface area contributed by atoms with E-state index in [0.717, 1.165) is 30.5 Å². The maximum Gasteiger partial charge on any atom is 0.191 e. The van der Waals surface area contributed by atoms with E-state index < -0.39 is 0 Å². The molecular formula is C12H18ClN3. The molecule has 0 spiro atoms. The fourth-order valence-corrected chi connectivity index (χ4v) is 1.38. The number of hydrogen-bond acceptors (Lipinski definition) is 1. The van der Waals surface area contributed by atoms with Crippen LogP contribution < -0.4 is 10.6 Å². The number of guanidine groups is 1. The molecule has 88 valence electrons. The van der Waals surface area contributed by atoms with Gasteiger partial charge in [0.15, 0.2) is 5.96 Å². The largest absolute Gasteiger partial charge is 0.356 e. The third-order valence-electron chi connectivity index (χ3n) is 2.14. The Morgan fingerprint density at radius 3 is 2.50 bits per heavy atom. The van der Waals surface area contributed by atoms with Gasteiger partial charge >= 0.3 is 0 Å². The lowest BCUT2D eigenvalue weighted by Crippen LogP contribution is -2.37. The molecule has 0 heterocycles. The summed E-state index contributed by atoms with van der Waals surface area (Å²) in [5.41, 5.74) is 1.18. The van der Waals surface area contributed by atoms with Crippen LogP contribution in [-0.2, 0) is 6.54 Å². The van der Waals surface area contributed by atoms with Crippen molar-refractivity contribution in [3.63, 3.8) is 0 Å². The third-order valence-corrected chi connectivity index (χ3v) is 2.39. The topological polar surface area (TPSA) is 36.4 Å². The highest BCUT2D eigenvalue weighted by atomic mass is 35.5. The fourth-order valence-electron chi connectivity index (χ4n) is 1.25. The Morgan fingerprint density at radius 2 is 1.94 bits per heavy atom. The van der Waals surface area contributed by atoms with Crippen LogP contribution in [0.2, 0.25) is 5.02 Å². The fraction of sp³-hybridized carbons (Fsp3) is 0.417. The SMILES string of the molecule is CCCNC(=NC)NCc1ccc(Cl)cc1. The van der Waals surface area contributed by atoms with E-state index in [1.807, 2.05) is 24.3 Å². The van der Waals surface area contributed by atoms with Gasteiger partial charge in [0.25, 0.3) is 0 Å². The number of nitrogens with one attached hydrogen (secondary N) is 2. The molecule has 1 rings (SSSR count). The maximum absolute atomic E-state index is 5.81. The van der Waals surface area contributed by atoms with Gasteiger partial charge in [0.2, 0.25) is 0 Å². The molecule has 0 atom stereocenters. The van der Waals surface area contributed by atoms with Gasteiger partial charge in [-0.2, -0.15) is 0 Å². The lowest BCUT2D eigenvalue weighted by molar-refractivity contribution is 0.781. The standard InChI is InChI=1S/C12H18ClN3/c1-3-8-15-12(14-2)16-9-10-4-6-11(13)7-5-10/h4-7H,3,8-9H2,1-2H3,(H2,14,15,16). The molecule has 0 aliphatic rings. The molecule has 0 unspecified atom stereocenters. The van der Waals surface area contributed by atoms with Gasteiger partial charge in [-0.25, -0.2) is 0 Å². The average Bonchev–Trinajstić information content (AvgIpc) is 2.32. The number of rotatable bonds is 4. The minimum absolute atomic E-state index is 0.751. The summed E-state index contributed by atoms with van der Waals surface area (Å²) in [6.07, 6.45) is 1.08. The molecule has 0 amide bonds. The summed E-state index contributed by atoms with van der Waals surface area (Å²) in [6.45, 7) is 3.81. The molecule has 16 heavy (non-hydrogen) atoms. The van der Waals surface area contributed by atoms with Crippen LogP contribution in [0, 0.1) is 0 Å². The molecule has 0 saturated heterocycles. The van der Waals surface area contributed by atoms with Gasteiger partial charge in [0, 0.05) is 25.2 Å². The smallest absolute Gasteiger partial charge is 0.191 e. The Kier molecular flexibility index (Phi) is 5.72. The summed E-state index contributed by atoms with van der Waals surface area (Å²) in [7, 11) is 1.77. The molecule has 4 heteroatoms. The van der Waals surface area contributed by atoms with Gasteiger partial charge < -0.3 is 10.6 Å². The number of aliphatic imine (C=N–C) groups is 1. The Labute approximate surface area is 102 Å². The first-order valence-electron chi connectivity index (χ1n) is 5.45. The highest BCUT2D eigenvalue weighted by molar-refractivity contribution is 6.30. The monoisotopic (exact) mass is 239 g/mol. The van der Waals surface area contributed by atoms with E-state index >= 15 is 0 Å². The Balaban J connectivity index is 2.40. The van der Waals surface area contributed by atoms with Crippen LogP contribution in [0.3, 0.4) is 0 Å². The van der Waals surface area contributed by atoms with Crippen LogP contribution in [-0.4, -0.2) is 19.6 Å². The van der Waals surface area contributed by atoms with Gasteiger partial charge in [-0.15, -0.1) is 0 Å². The number of hydrogen-bond donors (Lipinski definition) is 2. The maximum atomic E-state index is 5.81. The number of benzene rings is 1. The molecule has 1 aromatic carbocycles. The van der Waals surface area contributed by atoms with Gasteiger partial charge in [-0.1, -0.05) is 30.7 Å². The molecule has 0 aliphatic carbocycles. The highest BCUT2D eigenvalue weighted by Gasteiger charge is 1.96. The van der Waals surface area contributed by atoms with Crippen LogP contribution in [0.25, 0.3) is 0 Å². The zero-order valence-electron chi connectivity index (χ0n) is 9.76. The first kappa shape index (κ1) is 12.8. The summed E-state index contributed by atoms with van der Waals surface area (Å²) in [4.78, 5) is 4.13. The Bertz CT molecular complexity index is 333. The van der Waals surface area contributed by atoms with Crippen LogP contribution in [0.1, 0.15) is 18.9 Å². The molecular weight excluding hydrogens is 222 g/mol. The van der Waals surface area contributed by atoms with E-state index in [1.54, 1.807) is 7.05 Å². The molecule has 0 fully saturated rings. The third kappa shape index (κ3) is 4.53. The second-order valence-corrected chi connectivity index (χ2v) is 3.92. The minimum Gasteiger partial charge on any atom is -0.356 e. The molecule has 0 radical (unpaired) electrons. The zero-order chi connectivity index (χ0) is 11.8. The van der Waals surface area contributed by atoms with Crippen LogP contribution in [0.5, 0.6) is 0 Å². The molecule has 2 N–H and O–H groups in total. The molecule has 0 saturated carbocycles. The van der Waals surface area contributed by atoms with Crippen molar-refractivity contribution in [2.75, 3.05) is 13.6 Å². The van der Waals surface area contributed by atoms with Crippen LogP contribution in [0.4, 0.5) is 0 Å². The first-order chi connectivity index (χ1) is 7.76. The second kappa shape index (κ2) is 7.12. The van der Waals surface area contributed by atoms with E-state index in [4.69, 9.17) is 11.6 Å². The summed E-state index contributed by atoms with van der Waals surface area (Å²) in [5, 5.41) is 7.21. The summed E-state index contributed by atoms with van der Waals surface area (Å²) in [5.74, 6) is 0.830. The molecule has 0 bridgehead atoms. The number of halogens is 1.